The second kappa shape index (κ2) is 9.96. The molecule has 2 atom stereocenters. The SMILES string of the molecule is CCCc1nc(CNC(=O)[C@@H]2CC[C@H](N)CN(C(C)=O)C2)cs1.Cl. The summed E-state index contributed by atoms with van der Waals surface area (Å²) in [5, 5.41) is 6.06. The molecule has 0 radical (unpaired) electrons. The smallest absolute Gasteiger partial charge is 0.225 e. The normalized spacial score (nSPS) is 20.9. The molecule has 0 aromatic carbocycles. The molecule has 0 unspecified atom stereocenters. The van der Waals surface area contributed by atoms with Crippen molar-refractivity contribution < 1.29 is 9.59 Å². The number of carbonyl (C=O) groups is 2. The number of thiazole rings is 1. The van der Waals surface area contributed by atoms with Crippen molar-refractivity contribution in [2.75, 3.05) is 13.1 Å². The first-order valence-electron chi connectivity index (χ1n) is 8.21. The highest BCUT2D eigenvalue weighted by Crippen LogP contribution is 2.17. The van der Waals surface area contributed by atoms with Crippen molar-refractivity contribution in [2.24, 2.45) is 11.7 Å². The van der Waals surface area contributed by atoms with Gasteiger partial charge in [0.1, 0.15) is 0 Å². The predicted octanol–water partition coefficient (Wildman–Crippen LogP) is 1.72. The molecule has 1 aromatic heterocycles. The Balaban J connectivity index is 0.00000288. The molecule has 0 saturated carbocycles. The van der Waals surface area contributed by atoms with Crippen molar-refractivity contribution in [1.82, 2.24) is 15.2 Å². The molecule has 136 valence electrons. The largest absolute Gasteiger partial charge is 0.350 e. The van der Waals surface area contributed by atoms with Crippen LogP contribution >= 0.6 is 23.7 Å². The van der Waals surface area contributed by atoms with E-state index >= 15 is 0 Å². The third kappa shape index (κ3) is 6.03. The number of amides is 2. The van der Waals surface area contributed by atoms with E-state index in [2.05, 4.69) is 17.2 Å². The molecule has 6 nitrogen and oxygen atoms in total. The lowest BCUT2D eigenvalue weighted by Crippen LogP contribution is -2.42. The predicted molar refractivity (Wildman–Crippen MR) is 98.2 cm³/mol. The summed E-state index contributed by atoms with van der Waals surface area (Å²) in [6, 6.07) is -0.0492. The number of aryl methyl sites for hydroxylation is 1. The highest BCUT2D eigenvalue weighted by molar-refractivity contribution is 7.09. The van der Waals surface area contributed by atoms with Crippen molar-refractivity contribution in [3.05, 3.63) is 16.1 Å². The second-order valence-electron chi connectivity index (χ2n) is 6.16. The van der Waals surface area contributed by atoms with Gasteiger partial charge in [0, 0.05) is 31.4 Å². The monoisotopic (exact) mass is 374 g/mol. The van der Waals surface area contributed by atoms with E-state index in [1.165, 1.54) is 6.92 Å². The molecule has 8 heteroatoms. The number of likely N-dealkylation sites (tertiary alicyclic amines) is 1. The molecule has 1 aromatic rings. The summed E-state index contributed by atoms with van der Waals surface area (Å²) in [5.74, 6) is -0.236. The zero-order chi connectivity index (χ0) is 16.8. The van der Waals surface area contributed by atoms with Crippen LogP contribution in [0.25, 0.3) is 0 Å². The number of halogens is 1. The van der Waals surface area contributed by atoms with Gasteiger partial charge in [0.25, 0.3) is 0 Å². The van der Waals surface area contributed by atoms with Gasteiger partial charge >= 0.3 is 0 Å². The summed E-state index contributed by atoms with van der Waals surface area (Å²) in [4.78, 5) is 30.3. The van der Waals surface area contributed by atoms with Gasteiger partial charge in [0.05, 0.1) is 23.2 Å². The fraction of sp³-hybridized carbons (Fsp3) is 0.688. The van der Waals surface area contributed by atoms with E-state index in [4.69, 9.17) is 5.73 Å². The van der Waals surface area contributed by atoms with Gasteiger partial charge in [-0.25, -0.2) is 4.98 Å². The van der Waals surface area contributed by atoms with Crippen molar-refractivity contribution in [1.29, 1.82) is 0 Å². The van der Waals surface area contributed by atoms with Gasteiger partial charge in [0.2, 0.25) is 11.8 Å². The van der Waals surface area contributed by atoms with Crippen LogP contribution in [0.3, 0.4) is 0 Å². The summed E-state index contributed by atoms with van der Waals surface area (Å²) in [6.07, 6.45) is 3.53. The van der Waals surface area contributed by atoms with Crippen LogP contribution < -0.4 is 11.1 Å². The topological polar surface area (TPSA) is 88.3 Å². The summed E-state index contributed by atoms with van der Waals surface area (Å²) < 4.78 is 0. The van der Waals surface area contributed by atoms with Gasteiger partial charge in [-0.2, -0.15) is 0 Å². The number of aromatic nitrogens is 1. The van der Waals surface area contributed by atoms with Crippen LogP contribution in [-0.4, -0.2) is 40.8 Å². The van der Waals surface area contributed by atoms with E-state index in [1.54, 1.807) is 16.2 Å². The van der Waals surface area contributed by atoms with Crippen molar-refractivity contribution in [2.45, 2.75) is 52.1 Å². The minimum absolute atomic E-state index is 0. The van der Waals surface area contributed by atoms with Crippen LogP contribution in [0.4, 0.5) is 0 Å². The quantitative estimate of drug-likeness (QED) is 0.821. The molecule has 0 aliphatic carbocycles. The molecule has 3 N–H and O–H groups in total. The lowest BCUT2D eigenvalue weighted by atomic mass is 10.0. The molecule has 1 saturated heterocycles. The van der Waals surface area contributed by atoms with Crippen LogP contribution in [0.1, 0.15) is 43.8 Å². The average Bonchev–Trinajstić information content (AvgIpc) is 2.85. The molecule has 1 aliphatic heterocycles. The van der Waals surface area contributed by atoms with E-state index in [0.717, 1.165) is 36.4 Å². The van der Waals surface area contributed by atoms with Gasteiger partial charge in [0.15, 0.2) is 0 Å². The standard InChI is InChI=1S/C16H26N4O2S.ClH/c1-3-4-15-19-14(10-23-15)7-18-16(22)12-5-6-13(17)9-20(8-12)11(2)21;/h10,12-13H,3-9,17H2,1-2H3,(H,18,22);1H/t12-,13+;/m1./s1. The highest BCUT2D eigenvalue weighted by atomic mass is 35.5. The first-order chi connectivity index (χ1) is 11.0. The molecule has 1 fully saturated rings. The maximum absolute atomic E-state index is 12.4. The number of hydrogen-bond donors (Lipinski definition) is 2. The summed E-state index contributed by atoms with van der Waals surface area (Å²) in [5.41, 5.74) is 6.89. The van der Waals surface area contributed by atoms with Crippen LogP contribution in [0.2, 0.25) is 0 Å². The van der Waals surface area contributed by atoms with E-state index in [1.807, 2.05) is 5.38 Å². The minimum atomic E-state index is -0.193. The first-order valence-corrected chi connectivity index (χ1v) is 9.09. The Hall–Kier alpha value is -1.18. The Bertz CT molecular complexity index is 552. The molecule has 1 aliphatic rings. The molecule has 0 spiro atoms. The third-order valence-corrected chi connectivity index (χ3v) is 5.06. The number of nitrogens with two attached hydrogens (primary N) is 1. The third-order valence-electron chi connectivity index (χ3n) is 4.10. The Kier molecular flexibility index (Phi) is 8.66. The second-order valence-corrected chi connectivity index (χ2v) is 7.10. The molecule has 24 heavy (non-hydrogen) atoms. The van der Waals surface area contributed by atoms with E-state index in [-0.39, 0.29) is 36.2 Å². The Morgan fingerprint density at radius 2 is 2.17 bits per heavy atom. The van der Waals surface area contributed by atoms with E-state index < -0.39 is 0 Å². The molecule has 2 rings (SSSR count). The number of nitrogens with one attached hydrogen (secondary N) is 1. The molecule has 2 amide bonds. The van der Waals surface area contributed by atoms with Gasteiger partial charge in [-0.3, -0.25) is 9.59 Å². The molecular weight excluding hydrogens is 348 g/mol. The minimum Gasteiger partial charge on any atom is -0.350 e. The van der Waals surface area contributed by atoms with Crippen molar-refractivity contribution in [3.63, 3.8) is 0 Å². The van der Waals surface area contributed by atoms with Crippen molar-refractivity contribution >= 4 is 35.6 Å². The Morgan fingerprint density at radius 1 is 1.42 bits per heavy atom. The summed E-state index contributed by atoms with van der Waals surface area (Å²) in [7, 11) is 0. The lowest BCUT2D eigenvalue weighted by Gasteiger charge is -2.23. The summed E-state index contributed by atoms with van der Waals surface area (Å²) >= 11 is 1.64. The fourth-order valence-corrected chi connectivity index (χ4v) is 3.67. The maximum Gasteiger partial charge on any atom is 0.225 e. The first kappa shape index (κ1) is 20.9. The van der Waals surface area contributed by atoms with Gasteiger partial charge < -0.3 is 16.0 Å². The zero-order valence-corrected chi connectivity index (χ0v) is 15.9. The molecule has 2 heterocycles. The van der Waals surface area contributed by atoms with Crippen LogP contribution in [-0.2, 0) is 22.6 Å². The summed E-state index contributed by atoms with van der Waals surface area (Å²) in [6.45, 7) is 5.08. The van der Waals surface area contributed by atoms with Gasteiger partial charge in [-0.05, 0) is 25.7 Å². The van der Waals surface area contributed by atoms with Crippen LogP contribution in [0.15, 0.2) is 5.38 Å². The Morgan fingerprint density at radius 3 is 2.83 bits per heavy atom. The van der Waals surface area contributed by atoms with Crippen molar-refractivity contribution in [3.8, 4) is 0 Å². The fourth-order valence-electron chi connectivity index (χ4n) is 2.77. The van der Waals surface area contributed by atoms with E-state index in [0.29, 0.717) is 19.6 Å². The number of hydrogen-bond acceptors (Lipinski definition) is 5. The highest BCUT2D eigenvalue weighted by Gasteiger charge is 2.28. The number of nitrogens with zero attached hydrogens (tertiary/aromatic N) is 2. The maximum atomic E-state index is 12.4. The average molecular weight is 375 g/mol. The lowest BCUT2D eigenvalue weighted by molar-refractivity contribution is -0.131. The zero-order valence-electron chi connectivity index (χ0n) is 14.3. The number of rotatable bonds is 5. The number of carbonyl (C=O) groups excluding carboxylic acids is 2. The Labute approximate surface area is 153 Å². The molecule has 0 bridgehead atoms. The molecular formula is C16H27ClN4O2S. The van der Waals surface area contributed by atoms with E-state index in [9.17, 15) is 9.59 Å². The van der Waals surface area contributed by atoms with Gasteiger partial charge in [-0.1, -0.05) is 6.92 Å². The van der Waals surface area contributed by atoms with Crippen LogP contribution in [0, 0.1) is 5.92 Å². The van der Waals surface area contributed by atoms with Gasteiger partial charge in [-0.15, -0.1) is 23.7 Å². The van der Waals surface area contributed by atoms with Crippen LogP contribution in [0.5, 0.6) is 0 Å².